The van der Waals surface area contributed by atoms with Crippen LogP contribution in [0.3, 0.4) is 0 Å². The molecule has 0 unspecified atom stereocenters. The summed E-state index contributed by atoms with van der Waals surface area (Å²) in [5, 5.41) is 7.24. The van der Waals surface area contributed by atoms with Crippen molar-refractivity contribution >= 4 is 6.08 Å². The van der Waals surface area contributed by atoms with E-state index in [1.165, 1.54) is 0 Å². The van der Waals surface area contributed by atoms with Gasteiger partial charge in [-0.2, -0.15) is 0 Å². The number of benzene rings is 1. The molecule has 1 aromatic rings. The van der Waals surface area contributed by atoms with Crippen LogP contribution < -0.4 is 4.74 Å². The van der Waals surface area contributed by atoms with Gasteiger partial charge in [-0.15, -0.1) is 0 Å². The van der Waals surface area contributed by atoms with E-state index < -0.39 is 0 Å². The average Bonchev–Trinajstić information content (AvgIpc) is 2.09. The highest BCUT2D eigenvalue weighted by atomic mass is 16.7. The van der Waals surface area contributed by atoms with Crippen molar-refractivity contribution in [3.63, 3.8) is 0 Å². The lowest BCUT2D eigenvalue weighted by Gasteiger charge is -2.06. The molecule has 1 N–H and O–H groups in total. The van der Waals surface area contributed by atoms with E-state index >= 15 is 0 Å². The monoisotopic (exact) mass is 179 g/mol. The van der Waals surface area contributed by atoms with Crippen molar-refractivity contribution in [2.75, 3.05) is 6.61 Å². The molecule has 0 spiro atoms. The molecular formula is C10H13NO2. The minimum atomic E-state index is -0.161. The van der Waals surface area contributed by atoms with Gasteiger partial charge in [-0.3, -0.25) is 0 Å². The van der Waals surface area contributed by atoms with Crippen molar-refractivity contribution in [1.29, 1.82) is 5.41 Å². The fraction of sp³-hybridized carbons (Fsp3) is 0.300. The Labute approximate surface area is 77.8 Å². The summed E-state index contributed by atoms with van der Waals surface area (Å²) in [4.78, 5) is 0. The third kappa shape index (κ3) is 3.15. The molecule has 0 aliphatic rings. The van der Waals surface area contributed by atoms with Gasteiger partial charge >= 0.3 is 6.08 Å². The van der Waals surface area contributed by atoms with Crippen LogP contribution in [0.25, 0.3) is 0 Å². The van der Waals surface area contributed by atoms with E-state index in [0.29, 0.717) is 12.4 Å². The molecule has 3 heteroatoms. The molecule has 0 radical (unpaired) electrons. The minimum absolute atomic E-state index is 0.161. The summed E-state index contributed by atoms with van der Waals surface area (Å²) in [6, 6.07) is 7.47. The van der Waals surface area contributed by atoms with Crippen LogP contribution in [0.4, 0.5) is 0 Å². The van der Waals surface area contributed by atoms with Gasteiger partial charge in [0.05, 0.1) is 6.61 Å². The number of ether oxygens (including phenoxy) is 2. The number of hydrogen-bond acceptors (Lipinski definition) is 3. The highest BCUT2D eigenvalue weighted by Gasteiger charge is 1.98. The molecule has 0 atom stereocenters. The maximum Gasteiger partial charge on any atom is 0.386 e. The first kappa shape index (κ1) is 9.58. The molecular weight excluding hydrogens is 166 g/mol. The van der Waals surface area contributed by atoms with Crippen molar-refractivity contribution in [2.24, 2.45) is 0 Å². The lowest BCUT2D eigenvalue weighted by molar-refractivity contribution is 0.246. The van der Waals surface area contributed by atoms with Gasteiger partial charge in [0.2, 0.25) is 0 Å². The van der Waals surface area contributed by atoms with Gasteiger partial charge in [0, 0.05) is 0 Å². The van der Waals surface area contributed by atoms with Crippen LogP contribution in [-0.4, -0.2) is 12.7 Å². The molecule has 0 bridgehead atoms. The third-order valence-electron chi connectivity index (χ3n) is 1.51. The Morgan fingerprint density at radius 1 is 1.31 bits per heavy atom. The lowest BCUT2D eigenvalue weighted by Crippen LogP contribution is -2.10. The largest absolute Gasteiger partial charge is 0.451 e. The van der Waals surface area contributed by atoms with Crippen molar-refractivity contribution in [2.45, 2.75) is 13.8 Å². The van der Waals surface area contributed by atoms with Gasteiger partial charge in [-0.25, -0.2) is 5.41 Å². The number of aryl methyl sites for hydroxylation is 1. The van der Waals surface area contributed by atoms with Crippen LogP contribution in [0.2, 0.25) is 0 Å². The topological polar surface area (TPSA) is 42.3 Å². The van der Waals surface area contributed by atoms with E-state index in [4.69, 9.17) is 14.9 Å². The van der Waals surface area contributed by atoms with E-state index in [9.17, 15) is 0 Å². The van der Waals surface area contributed by atoms with Crippen molar-refractivity contribution < 1.29 is 9.47 Å². The maximum absolute atomic E-state index is 7.24. The molecule has 0 amide bonds. The second-order valence-electron chi connectivity index (χ2n) is 2.64. The zero-order chi connectivity index (χ0) is 9.68. The molecule has 0 saturated heterocycles. The first-order valence-electron chi connectivity index (χ1n) is 4.18. The second-order valence-corrected chi connectivity index (χ2v) is 2.64. The summed E-state index contributed by atoms with van der Waals surface area (Å²) in [6.07, 6.45) is -0.161. The zero-order valence-corrected chi connectivity index (χ0v) is 7.83. The summed E-state index contributed by atoms with van der Waals surface area (Å²) in [5.74, 6) is 0.629. The molecule has 0 aliphatic carbocycles. The molecule has 1 rings (SSSR count). The normalized spacial score (nSPS) is 9.38. The van der Waals surface area contributed by atoms with E-state index in [2.05, 4.69) is 0 Å². The number of hydrogen-bond donors (Lipinski definition) is 1. The lowest BCUT2D eigenvalue weighted by atomic mass is 10.2. The first-order valence-corrected chi connectivity index (χ1v) is 4.18. The first-order chi connectivity index (χ1) is 6.22. The highest BCUT2D eigenvalue weighted by molar-refractivity contribution is 5.66. The Bertz CT molecular complexity index is 279. The zero-order valence-electron chi connectivity index (χ0n) is 7.83. The van der Waals surface area contributed by atoms with Crippen LogP contribution in [0, 0.1) is 12.3 Å². The van der Waals surface area contributed by atoms with Crippen LogP contribution >= 0.6 is 0 Å². The van der Waals surface area contributed by atoms with Crippen LogP contribution in [0.15, 0.2) is 24.3 Å². The Morgan fingerprint density at radius 2 is 1.92 bits per heavy atom. The summed E-state index contributed by atoms with van der Waals surface area (Å²) >= 11 is 0. The number of nitrogens with one attached hydrogen (secondary N) is 1. The van der Waals surface area contributed by atoms with Crippen LogP contribution in [-0.2, 0) is 4.74 Å². The fourth-order valence-corrected chi connectivity index (χ4v) is 0.874. The molecule has 0 heterocycles. The molecule has 1 aromatic carbocycles. The van der Waals surface area contributed by atoms with E-state index in [1.807, 2.05) is 38.1 Å². The SMILES string of the molecule is CCOC(=N)Oc1ccc(C)cc1. The van der Waals surface area contributed by atoms with Gasteiger partial charge in [-0.1, -0.05) is 17.7 Å². The molecule has 0 saturated carbocycles. The Morgan fingerprint density at radius 3 is 2.46 bits per heavy atom. The predicted octanol–water partition coefficient (Wildman–Crippen LogP) is 2.35. The van der Waals surface area contributed by atoms with Gasteiger partial charge < -0.3 is 9.47 Å². The van der Waals surface area contributed by atoms with Gasteiger partial charge in [0.15, 0.2) is 0 Å². The van der Waals surface area contributed by atoms with E-state index in [0.717, 1.165) is 5.56 Å². The van der Waals surface area contributed by atoms with Gasteiger partial charge in [-0.05, 0) is 26.0 Å². The fourth-order valence-electron chi connectivity index (χ4n) is 0.874. The molecule has 0 fully saturated rings. The Kier molecular flexibility index (Phi) is 3.31. The molecule has 3 nitrogen and oxygen atoms in total. The minimum Gasteiger partial charge on any atom is -0.451 e. The molecule has 70 valence electrons. The van der Waals surface area contributed by atoms with Gasteiger partial charge in [0.1, 0.15) is 5.75 Å². The summed E-state index contributed by atoms with van der Waals surface area (Å²) in [7, 11) is 0. The third-order valence-corrected chi connectivity index (χ3v) is 1.51. The van der Waals surface area contributed by atoms with Crippen molar-refractivity contribution in [3.05, 3.63) is 29.8 Å². The standard InChI is InChI=1S/C10H13NO2/c1-3-12-10(11)13-9-6-4-8(2)5-7-9/h4-7,11H,3H2,1-2H3. The van der Waals surface area contributed by atoms with Gasteiger partial charge in [0.25, 0.3) is 0 Å². The summed E-state index contributed by atoms with van der Waals surface area (Å²) in [5.41, 5.74) is 1.16. The van der Waals surface area contributed by atoms with Crippen molar-refractivity contribution in [3.8, 4) is 5.75 Å². The molecule has 0 aliphatic heterocycles. The highest BCUT2D eigenvalue weighted by Crippen LogP contribution is 2.11. The van der Waals surface area contributed by atoms with E-state index in [1.54, 1.807) is 0 Å². The average molecular weight is 179 g/mol. The smallest absolute Gasteiger partial charge is 0.386 e. The van der Waals surface area contributed by atoms with Crippen molar-refractivity contribution in [1.82, 2.24) is 0 Å². The predicted molar refractivity (Wildman–Crippen MR) is 51.2 cm³/mol. The van der Waals surface area contributed by atoms with Crippen LogP contribution in [0.5, 0.6) is 5.75 Å². The summed E-state index contributed by atoms with van der Waals surface area (Å²) < 4.78 is 9.91. The maximum atomic E-state index is 7.24. The van der Waals surface area contributed by atoms with Crippen LogP contribution in [0.1, 0.15) is 12.5 Å². The second kappa shape index (κ2) is 4.50. The van der Waals surface area contributed by atoms with E-state index in [-0.39, 0.29) is 6.08 Å². The molecule has 13 heavy (non-hydrogen) atoms. The quantitative estimate of drug-likeness (QED) is 0.559. The summed E-state index contributed by atoms with van der Waals surface area (Å²) in [6.45, 7) is 4.26. The Balaban J connectivity index is 2.54. The number of rotatable bonds is 2. The molecule has 0 aromatic heterocycles. The Hall–Kier alpha value is -1.51.